The molecule has 0 spiro atoms. The van der Waals surface area contributed by atoms with Crippen LogP contribution in [0.2, 0.25) is 0 Å². The third kappa shape index (κ3) is 2.94. The number of halogens is 1. The van der Waals surface area contributed by atoms with Gasteiger partial charge in [-0.25, -0.2) is 4.39 Å². The molecule has 0 aliphatic heterocycles. The third-order valence-corrected chi connectivity index (χ3v) is 6.23. The lowest BCUT2D eigenvalue weighted by Crippen LogP contribution is -2.13. The van der Waals surface area contributed by atoms with Crippen LogP contribution in [0.5, 0.6) is 0 Å². The lowest BCUT2D eigenvalue weighted by atomic mass is 10.1. The number of fused-ring (bicyclic) bond motifs is 1. The summed E-state index contributed by atoms with van der Waals surface area (Å²) in [6.45, 7) is 3.99. The fourth-order valence-electron chi connectivity index (χ4n) is 2.42. The molecule has 3 rings (SSSR count). The Morgan fingerprint density at radius 3 is 2.43 bits per heavy atom. The van der Waals surface area contributed by atoms with E-state index in [2.05, 4.69) is 10.5 Å². The van der Waals surface area contributed by atoms with Gasteiger partial charge < -0.3 is 4.57 Å². The van der Waals surface area contributed by atoms with Gasteiger partial charge in [-0.3, -0.25) is 0 Å². The van der Waals surface area contributed by atoms with Crippen molar-refractivity contribution in [3.8, 4) is 0 Å². The highest BCUT2D eigenvalue weighted by molar-refractivity contribution is 7.90. The van der Waals surface area contributed by atoms with E-state index in [0.717, 1.165) is 33.5 Å². The molecule has 0 radical (unpaired) electrons. The van der Waals surface area contributed by atoms with Gasteiger partial charge in [-0.15, -0.1) is 4.40 Å². The van der Waals surface area contributed by atoms with Gasteiger partial charge in [-0.1, -0.05) is 17.4 Å². The Morgan fingerprint density at radius 1 is 1.13 bits per heavy atom. The second kappa shape index (κ2) is 5.58. The summed E-state index contributed by atoms with van der Waals surface area (Å²) in [7, 11) is -2.09. The average Bonchev–Trinajstić information content (AvgIpc) is 2.77. The monoisotopic (exact) mass is 350 g/mol. The minimum atomic E-state index is -3.88. The predicted molar refractivity (Wildman–Crippen MR) is 89.4 cm³/mol. The van der Waals surface area contributed by atoms with E-state index in [1.54, 1.807) is 11.6 Å². The van der Waals surface area contributed by atoms with Crippen LogP contribution in [0.1, 0.15) is 11.1 Å². The van der Waals surface area contributed by atoms with Gasteiger partial charge in [0.05, 0.1) is 15.1 Å². The molecule has 23 heavy (non-hydrogen) atoms. The molecular weight excluding hydrogens is 335 g/mol. The van der Waals surface area contributed by atoms with E-state index in [1.807, 2.05) is 19.9 Å². The Labute approximate surface area is 137 Å². The Kier molecular flexibility index (Phi) is 3.85. The fraction of sp³-hybridized carbons (Fsp3) is 0.188. The van der Waals surface area contributed by atoms with Gasteiger partial charge in [0.25, 0.3) is 10.0 Å². The Balaban J connectivity index is 2.23. The zero-order valence-electron chi connectivity index (χ0n) is 12.9. The van der Waals surface area contributed by atoms with E-state index in [1.165, 1.54) is 23.5 Å². The van der Waals surface area contributed by atoms with Gasteiger partial charge in [-0.2, -0.15) is 8.42 Å². The molecule has 4 nitrogen and oxygen atoms in total. The molecule has 7 heteroatoms. The van der Waals surface area contributed by atoms with Crippen molar-refractivity contribution in [2.75, 3.05) is 0 Å². The topological polar surface area (TPSA) is 51.4 Å². The van der Waals surface area contributed by atoms with Crippen molar-refractivity contribution in [3.05, 3.63) is 58.1 Å². The molecule has 0 amide bonds. The Morgan fingerprint density at radius 2 is 1.78 bits per heavy atom. The van der Waals surface area contributed by atoms with Crippen LogP contribution in [0, 0.1) is 19.7 Å². The van der Waals surface area contributed by atoms with Gasteiger partial charge in [0, 0.05) is 7.05 Å². The quantitative estimate of drug-likeness (QED) is 0.712. The van der Waals surface area contributed by atoms with Gasteiger partial charge in [0.2, 0.25) is 4.80 Å². The highest BCUT2D eigenvalue weighted by Gasteiger charge is 2.14. The summed E-state index contributed by atoms with van der Waals surface area (Å²) in [6, 6.07) is 8.72. The molecule has 2 aromatic carbocycles. The lowest BCUT2D eigenvalue weighted by Gasteiger charge is -2.00. The Bertz CT molecular complexity index is 1060. The maximum absolute atomic E-state index is 13.0. The summed E-state index contributed by atoms with van der Waals surface area (Å²) in [4.78, 5) is 0.363. The molecule has 1 aromatic heterocycles. The van der Waals surface area contributed by atoms with Gasteiger partial charge in [-0.05, 0) is 55.3 Å². The summed E-state index contributed by atoms with van der Waals surface area (Å²) in [5.74, 6) is -0.484. The second-order valence-electron chi connectivity index (χ2n) is 5.39. The van der Waals surface area contributed by atoms with Crippen molar-refractivity contribution < 1.29 is 12.8 Å². The lowest BCUT2D eigenvalue weighted by molar-refractivity contribution is 0.595. The first-order valence-corrected chi connectivity index (χ1v) is 9.17. The molecule has 0 atom stereocenters. The second-order valence-corrected chi connectivity index (χ2v) is 7.98. The molecule has 120 valence electrons. The standard InChI is InChI=1S/C16H15FN2O2S2/c1-10-8-11(2)15-14(9-10)19(3)16(22-15)18-23(20,21)13-6-4-12(17)5-7-13/h4-9H,1-3H3. The van der Waals surface area contributed by atoms with Crippen LogP contribution >= 0.6 is 11.3 Å². The normalized spacial score (nSPS) is 13.0. The first kappa shape index (κ1) is 15.9. The minimum absolute atomic E-state index is 0.0238. The highest BCUT2D eigenvalue weighted by atomic mass is 32.2. The maximum atomic E-state index is 13.0. The van der Waals surface area contributed by atoms with E-state index in [4.69, 9.17) is 0 Å². The van der Waals surface area contributed by atoms with E-state index in [9.17, 15) is 12.8 Å². The number of hydrogen-bond acceptors (Lipinski definition) is 3. The van der Waals surface area contributed by atoms with Crippen molar-refractivity contribution in [3.63, 3.8) is 0 Å². The predicted octanol–water partition coefficient (Wildman–Crippen LogP) is 3.29. The van der Waals surface area contributed by atoms with E-state index in [0.29, 0.717) is 4.80 Å². The van der Waals surface area contributed by atoms with E-state index >= 15 is 0 Å². The molecule has 0 aliphatic carbocycles. The summed E-state index contributed by atoms with van der Waals surface area (Å²) in [6.07, 6.45) is 0. The first-order valence-electron chi connectivity index (χ1n) is 6.91. The summed E-state index contributed by atoms with van der Waals surface area (Å²) >= 11 is 1.33. The third-order valence-electron chi connectivity index (χ3n) is 3.55. The minimum Gasteiger partial charge on any atom is -0.319 e. The van der Waals surface area contributed by atoms with Crippen LogP contribution in [-0.4, -0.2) is 13.0 Å². The highest BCUT2D eigenvalue weighted by Crippen LogP contribution is 2.23. The SMILES string of the molecule is Cc1cc(C)c2sc(=NS(=O)(=O)c3ccc(F)cc3)n(C)c2c1. The van der Waals surface area contributed by atoms with Gasteiger partial charge in [0.1, 0.15) is 5.82 Å². The van der Waals surface area contributed by atoms with Crippen molar-refractivity contribution in [1.82, 2.24) is 4.57 Å². The molecule has 0 N–H and O–H groups in total. The average molecular weight is 350 g/mol. The van der Waals surface area contributed by atoms with E-state index < -0.39 is 15.8 Å². The number of benzene rings is 2. The molecule has 0 saturated heterocycles. The maximum Gasteiger partial charge on any atom is 0.285 e. The van der Waals surface area contributed by atoms with Crippen molar-refractivity contribution >= 4 is 31.6 Å². The summed E-state index contributed by atoms with van der Waals surface area (Å²) < 4.78 is 44.5. The molecule has 3 aromatic rings. The van der Waals surface area contributed by atoms with Crippen LogP contribution in [0.3, 0.4) is 0 Å². The number of nitrogens with zero attached hydrogens (tertiary/aromatic N) is 2. The van der Waals surface area contributed by atoms with Crippen LogP contribution in [0.4, 0.5) is 4.39 Å². The molecule has 0 bridgehead atoms. The number of thiazole rings is 1. The van der Waals surface area contributed by atoms with Crippen molar-refractivity contribution in [2.45, 2.75) is 18.7 Å². The fourth-order valence-corrected chi connectivity index (χ4v) is 4.71. The molecule has 1 heterocycles. The number of aryl methyl sites for hydroxylation is 3. The number of hydrogen-bond donors (Lipinski definition) is 0. The largest absolute Gasteiger partial charge is 0.319 e. The molecular formula is C16H15FN2O2S2. The van der Waals surface area contributed by atoms with Gasteiger partial charge >= 0.3 is 0 Å². The number of aromatic nitrogens is 1. The summed E-state index contributed by atoms with van der Waals surface area (Å²) in [5, 5.41) is 0. The zero-order valence-corrected chi connectivity index (χ0v) is 14.5. The summed E-state index contributed by atoms with van der Waals surface area (Å²) in [5.41, 5.74) is 3.14. The number of rotatable bonds is 2. The molecule has 0 aliphatic rings. The molecule has 0 saturated carbocycles. The van der Waals surface area contributed by atoms with Crippen LogP contribution in [-0.2, 0) is 17.1 Å². The van der Waals surface area contributed by atoms with Crippen molar-refractivity contribution in [2.24, 2.45) is 11.4 Å². The van der Waals surface area contributed by atoms with Crippen LogP contribution in [0.25, 0.3) is 10.2 Å². The van der Waals surface area contributed by atoms with E-state index in [-0.39, 0.29) is 4.90 Å². The molecule has 0 fully saturated rings. The number of sulfonamides is 1. The zero-order chi connectivity index (χ0) is 16.8. The molecule has 0 unspecified atom stereocenters. The smallest absolute Gasteiger partial charge is 0.285 e. The first-order chi connectivity index (χ1) is 10.8. The Hall–Kier alpha value is -1.99. The van der Waals surface area contributed by atoms with Gasteiger partial charge in [0.15, 0.2) is 0 Å². The van der Waals surface area contributed by atoms with Crippen LogP contribution < -0.4 is 4.80 Å². The van der Waals surface area contributed by atoms with Crippen LogP contribution in [0.15, 0.2) is 45.7 Å². The van der Waals surface area contributed by atoms with Crippen molar-refractivity contribution in [1.29, 1.82) is 0 Å².